The molecule has 2 heterocycles. The average Bonchev–Trinajstić information content (AvgIpc) is 2.73. The fraction of sp³-hybridized carbons (Fsp3) is 0.400. The number of benzene rings is 1. The zero-order valence-corrected chi connectivity index (χ0v) is 11.6. The Morgan fingerprint density at radius 1 is 1.29 bits per heavy atom. The lowest BCUT2D eigenvalue weighted by atomic mass is 9.88. The van der Waals surface area contributed by atoms with E-state index in [2.05, 4.69) is 16.7 Å². The second-order valence-corrected chi connectivity index (χ2v) is 5.47. The minimum absolute atomic E-state index is 0.156. The van der Waals surface area contributed by atoms with Crippen molar-refractivity contribution in [3.05, 3.63) is 35.4 Å². The molecule has 0 saturated carbocycles. The van der Waals surface area contributed by atoms with Crippen molar-refractivity contribution in [2.45, 2.75) is 24.9 Å². The van der Waals surface area contributed by atoms with E-state index in [1.807, 2.05) is 6.07 Å². The van der Waals surface area contributed by atoms with Crippen LogP contribution in [0, 0.1) is 11.3 Å². The fourth-order valence-electron chi connectivity index (χ4n) is 2.93. The van der Waals surface area contributed by atoms with Gasteiger partial charge in [0.2, 0.25) is 0 Å². The maximum Gasteiger partial charge on any atom is 0.325 e. The molecule has 6 nitrogen and oxygen atoms in total. The van der Waals surface area contributed by atoms with Crippen LogP contribution in [0.4, 0.5) is 4.79 Å². The van der Waals surface area contributed by atoms with Crippen LogP contribution in [-0.4, -0.2) is 35.5 Å². The smallest absolute Gasteiger partial charge is 0.323 e. The second kappa shape index (κ2) is 5.19. The van der Waals surface area contributed by atoms with Crippen molar-refractivity contribution >= 4 is 11.9 Å². The molecule has 0 bridgehead atoms. The number of urea groups is 1. The van der Waals surface area contributed by atoms with Crippen molar-refractivity contribution in [3.8, 4) is 6.07 Å². The van der Waals surface area contributed by atoms with Gasteiger partial charge in [-0.05, 0) is 43.6 Å². The first-order valence-electron chi connectivity index (χ1n) is 6.98. The molecule has 0 unspecified atom stereocenters. The van der Waals surface area contributed by atoms with Gasteiger partial charge in [-0.15, -0.1) is 0 Å². The first-order chi connectivity index (χ1) is 10.1. The number of amides is 3. The van der Waals surface area contributed by atoms with Gasteiger partial charge < -0.3 is 10.6 Å². The Balaban J connectivity index is 1.81. The number of carbonyl (C=O) groups is 2. The van der Waals surface area contributed by atoms with Gasteiger partial charge in [0.05, 0.1) is 18.2 Å². The maximum absolute atomic E-state index is 12.6. The molecule has 0 radical (unpaired) electrons. The van der Waals surface area contributed by atoms with E-state index in [9.17, 15) is 9.59 Å². The number of rotatable bonds is 2. The maximum atomic E-state index is 12.6. The minimum Gasteiger partial charge on any atom is -0.323 e. The number of nitrogens with zero attached hydrogens (tertiary/aromatic N) is 2. The third-order valence-electron chi connectivity index (χ3n) is 4.10. The Kier molecular flexibility index (Phi) is 3.35. The van der Waals surface area contributed by atoms with E-state index in [1.165, 1.54) is 4.90 Å². The minimum atomic E-state index is -0.741. The Bertz CT molecular complexity index is 629. The number of nitriles is 1. The van der Waals surface area contributed by atoms with Crippen molar-refractivity contribution in [3.63, 3.8) is 0 Å². The van der Waals surface area contributed by atoms with Gasteiger partial charge in [-0.1, -0.05) is 12.1 Å². The van der Waals surface area contributed by atoms with Gasteiger partial charge in [-0.3, -0.25) is 9.69 Å². The summed E-state index contributed by atoms with van der Waals surface area (Å²) in [6.07, 6.45) is 1.23. The second-order valence-electron chi connectivity index (χ2n) is 5.47. The highest BCUT2D eigenvalue weighted by Gasteiger charge is 2.51. The number of imide groups is 1. The van der Waals surface area contributed by atoms with E-state index in [1.54, 1.807) is 18.2 Å². The number of nitrogens with one attached hydrogen (secondary N) is 2. The van der Waals surface area contributed by atoms with Gasteiger partial charge in [-0.25, -0.2) is 4.79 Å². The summed E-state index contributed by atoms with van der Waals surface area (Å²) in [5.74, 6) is -0.156. The van der Waals surface area contributed by atoms with Crippen LogP contribution in [0.2, 0.25) is 0 Å². The van der Waals surface area contributed by atoms with Gasteiger partial charge >= 0.3 is 6.03 Å². The Hall–Kier alpha value is -2.39. The van der Waals surface area contributed by atoms with E-state index in [-0.39, 0.29) is 18.5 Å². The molecule has 1 aromatic carbocycles. The molecule has 2 aliphatic rings. The summed E-state index contributed by atoms with van der Waals surface area (Å²) < 4.78 is 0. The first kappa shape index (κ1) is 13.6. The number of piperidine rings is 1. The highest BCUT2D eigenvalue weighted by Crippen LogP contribution is 2.28. The summed E-state index contributed by atoms with van der Waals surface area (Å²) in [6.45, 7) is 1.66. The van der Waals surface area contributed by atoms with E-state index in [0.717, 1.165) is 18.7 Å². The third kappa shape index (κ3) is 2.36. The summed E-state index contributed by atoms with van der Waals surface area (Å²) >= 11 is 0. The first-order valence-corrected chi connectivity index (χ1v) is 6.98. The van der Waals surface area contributed by atoms with Crippen LogP contribution >= 0.6 is 0 Å². The third-order valence-corrected chi connectivity index (χ3v) is 4.10. The number of hydrogen-bond donors (Lipinski definition) is 2. The SMILES string of the molecule is N#Cc1cccc(CN2C(=O)NC3(CCNCC3)C2=O)c1. The number of hydrogen-bond acceptors (Lipinski definition) is 4. The van der Waals surface area contributed by atoms with Crippen LogP contribution in [0.15, 0.2) is 24.3 Å². The van der Waals surface area contributed by atoms with Gasteiger partial charge in [0.1, 0.15) is 5.54 Å². The molecule has 2 saturated heterocycles. The van der Waals surface area contributed by atoms with Gasteiger partial charge in [0, 0.05) is 0 Å². The Morgan fingerprint density at radius 3 is 2.76 bits per heavy atom. The topological polar surface area (TPSA) is 85.2 Å². The summed E-state index contributed by atoms with van der Waals surface area (Å²) in [5, 5.41) is 15.0. The van der Waals surface area contributed by atoms with Gasteiger partial charge in [-0.2, -0.15) is 5.26 Å². The zero-order chi connectivity index (χ0) is 14.9. The van der Waals surface area contributed by atoms with Crippen LogP contribution in [-0.2, 0) is 11.3 Å². The molecule has 0 atom stereocenters. The standard InChI is InChI=1S/C15H16N4O2/c16-9-11-2-1-3-12(8-11)10-19-13(20)15(18-14(19)21)4-6-17-7-5-15/h1-3,8,17H,4-7,10H2,(H,18,21). The molecular formula is C15H16N4O2. The van der Waals surface area contributed by atoms with Crippen molar-refractivity contribution in [2.24, 2.45) is 0 Å². The van der Waals surface area contributed by atoms with Crippen molar-refractivity contribution in [1.82, 2.24) is 15.5 Å². The van der Waals surface area contributed by atoms with E-state index >= 15 is 0 Å². The predicted octanol–water partition coefficient (Wildman–Crippen LogP) is 0.732. The number of carbonyl (C=O) groups excluding carboxylic acids is 2. The molecule has 6 heteroatoms. The summed E-state index contributed by atoms with van der Waals surface area (Å²) in [4.78, 5) is 26.0. The molecule has 108 valence electrons. The summed E-state index contributed by atoms with van der Waals surface area (Å²) in [6, 6.07) is 8.69. The van der Waals surface area contributed by atoms with Crippen molar-refractivity contribution in [1.29, 1.82) is 5.26 Å². The molecule has 3 amide bonds. The molecule has 21 heavy (non-hydrogen) atoms. The van der Waals surface area contributed by atoms with Crippen molar-refractivity contribution in [2.75, 3.05) is 13.1 Å². The van der Waals surface area contributed by atoms with Crippen molar-refractivity contribution < 1.29 is 9.59 Å². The molecular weight excluding hydrogens is 268 g/mol. The Labute approximate surface area is 122 Å². The average molecular weight is 284 g/mol. The van der Waals surface area contributed by atoms with E-state index < -0.39 is 5.54 Å². The van der Waals surface area contributed by atoms with Gasteiger partial charge in [0.15, 0.2) is 0 Å². The summed E-state index contributed by atoms with van der Waals surface area (Å²) in [7, 11) is 0. The highest BCUT2D eigenvalue weighted by molar-refractivity contribution is 6.07. The molecule has 2 N–H and O–H groups in total. The molecule has 0 aliphatic carbocycles. The Morgan fingerprint density at radius 2 is 2.05 bits per heavy atom. The van der Waals surface area contributed by atoms with Crippen LogP contribution < -0.4 is 10.6 Å². The van der Waals surface area contributed by atoms with E-state index in [0.29, 0.717) is 18.4 Å². The van der Waals surface area contributed by atoms with Crippen LogP contribution in [0.5, 0.6) is 0 Å². The molecule has 2 aliphatic heterocycles. The molecule has 2 fully saturated rings. The molecule has 0 aromatic heterocycles. The molecule has 3 rings (SSSR count). The largest absolute Gasteiger partial charge is 0.325 e. The molecule has 1 aromatic rings. The quantitative estimate of drug-likeness (QED) is 0.784. The summed E-state index contributed by atoms with van der Waals surface area (Å²) in [5.41, 5.74) is 0.564. The van der Waals surface area contributed by atoms with Crippen LogP contribution in [0.3, 0.4) is 0 Å². The lowest BCUT2D eigenvalue weighted by Crippen LogP contribution is -2.53. The normalized spacial score (nSPS) is 20.4. The van der Waals surface area contributed by atoms with Crippen LogP contribution in [0.1, 0.15) is 24.0 Å². The zero-order valence-electron chi connectivity index (χ0n) is 11.6. The van der Waals surface area contributed by atoms with E-state index in [4.69, 9.17) is 5.26 Å². The molecule has 1 spiro atoms. The fourth-order valence-corrected chi connectivity index (χ4v) is 2.93. The predicted molar refractivity (Wildman–Crippen MR) is 75.1 cm³/mol. The lowest BCUT2D eigenvalue weighted by molar-refractivity contribution is -0.132. The lowest BCUT2D eigenvalue weighted by Gasteiger charge is -2.31. The highest BCUT2D eigenvalue weighted by atomic mass is 16.2. The van der Waals surface area contributed by atoms with Gasteiger partial charge in [0.25, 0.3) is 5.91 Å². The van der Waals surface area contributed by atoms with Crippen LogP contribution in [0.25, 0.3) is 0 Å². The monoisotopic (exact) mass is 284 g/mol.